The molecule has 106 valence electrons. The molecule has 1 aliphatic rings. The lowest BCUT2D eigenvalue weighted by Crippen LogP contribution is -2.40. The molecule has 1 saturated carbocycles. The zero-order valence-corrected chi connectivity index (χ0v) is 11.4. The lowest BCUT2D eigenvalue weighted by molar-refractivity contribution is -0.0329. The summed E-state index contributed by atoms with van der Waals surface area (Å²) in [5.74, 6) is 0.742. The highest BCUT2D eigenvalue weighted by Gasteiger charge is 2.23. The molecule has 19 heavy (non-hydrogen) atoms. The summed E-state index contributed by atoms with van der Waals surface area (Å²) in [5, 5.41) is 10.1. The largest absolute Gasteiger partial charge is 0.497 e. The first-order chi connectivity index (χ1) is 9.20. The van der Waals surface area contributed by atoms with E-state index in [1.54, 1.807) is 7.11 Å². The maximum atomic E-state index is 10.1. The van der Waals surface area contributed by atoms with Gasteiger partial charge >= 0.3 is 0 Å². The number of ether oxygens (including phenoxy) is 2. The lowest BCUT2D eigenvalue weighted by atomic mass is 9.93. The summed E-state index contributed by atoms with van der Waals surface area (Å²) in [7, 11) is 1.61. The number of aliphatic hydroxyl groups is 1. The van der Waals surface area contributed by atoms with E-state index in [0.717, 1.165) is 30.6 Å². The predicted octanol–water partition coefficient (Wildman–Crippen LogP) is 2.02. The van der Waals surface area contributed by atoms with Gasteiger partial charge in [-0.25, -0.2) is 0 Å². The van der Waals surface area contributed by atoms with Gasteiger partial charge in [0.05, 0.1) is 19.8 Å². The quantitative estimate of drug-likeness (QED) is 0.855. The Hall–Kier alpha value is -1.10. The fraction of sp³-hybridized carbons (Fsp3) is 0.600. The van der Waals surface area contributed by atoms with Gasteiger partial charge in [0.15, 0.2) is 0 Å². The summed E-state index contributed by atoms with van der Waals surface area (Å²) < 4.78 is 10.9. The number of nitrogens with two attached hydrogens (primary N) is 1. The third kappa shape index (κ3) is 3.93. The summed E-state index contributed by atoms with van der Waals surface area (Å²) in [4.78, 5) is 0. The molecule has 0 heterocycles. The number of hydrogen-bond acceptors (Lipinski definition) is 4. The van der Waals surface area contributed by atoms with Gasteiger partial charge in [0.1, 0.15) is 11.9 Å². The summed E-state index contributed by atoms with van der Waals surface area (Å²) in [6, 6.07) is 7.52. The van der Waals surface area contributed by atoms with Crippen LogP contribution in [0.2, 0.25) is 0 Å². The minimum absolute atomic E-state index is 0.0778. The van der Waals surface area contributed by atoms with Crippen molar-refractivity contribution in [2.75, 3.05) is 13.7 Å². The maximum absolute atomic E-state index is 10.1. The van der Waals surface area contributed by atoms with Crippen LogP contribution in [0.5, 0.6) is 5.75 Å². The molecule has 0 bridgehead atoms. The zero-order valence-electron chi connectivity index (χ0n) is 11.4. The van der Waals surface area contributed by atoms with Crippen molar-refractivity contribution in [3.63, 3.8) is 0 Å². The number of rotatable bonds is 5. The second-order valence-corrected chi connectivity index (χ2v) is 5.11. The first kappa shape index (κ1) is 14.3. The molecule has 1 aliphatic carbocycles. The van der Waals surface area contributed by atoms with Crippen molar-refractivity contribution in [3.05, 3.63) is 29.8 Å². The normalized spacial score (nSPS) is 25.0. The SMILES string of the molecule is COc1cccc(C(O)COC2CCCCC2N)c1. The average molecular weight is 265 g/mol. The Morgan fingerprint density at radius 3 is 2.89 bits per heavy atom. The van der Waals surface area contributed by atoms with Crippen LogP contribution in [-0.4, -0.2) is 31.0 Å². The molecule has 0 radical (unpaired) electrons. The molecule has 0 amide bonds. The van der Waals surface area contributed by atoms with E-state index in [0.29, 0.717) is 0 Å². The molecular weight excluding hydrogens is 242 g/mol. The van der Waals surface area contributed by atoms with E-state index >= 15 is 0 Å². The smallest absolute Gasteiger partial charge is 0.119 e. The van der Waals surface area contributed by atoms with Gasteiger partial charge in [0, 0.05) is 6.04 Å². The van der Waals surface area contributed by atoms with Gasteiger partial charge in [0.2, 0.25) is 0 Å². The van der Waals surface area contributed by atoms with Crippen LogP contribution in [0.3, 0.4) is 0 Å². The van der Waals surface area contributed by atoms with Crippen molar-refractivity contribution in [3.8, 4) is 5.75 Å². The van der Waals surface area contributed by atoms with E-state index in [2.05, 4.69) is 0 Å². The second-order valence-electron chi connectivity index (χ2n) is 5.11. The van der Waals surface area contributed by atoms with Crippen LogP contribution in [0, 0.1) is 0 Å². The van der Waals surface area contributed by atoms with E-state index in [9.17, 15) is 5.11 Å². The van der Waals surface area contributed by atoms with E-state index < -0.39 is 6.10 Å². The molecule has 1 fully saturated rings. The molecule has 0 aliphatic heterocycles. The highest BCUT2D eigenvalue weighted by atomic mass is 16.5. The Morgan fingerprint density at radius 1 is 1.37 bits per heavy atom. The minimum Gasteiger partial charge on any atom is -0.497 e. The molecule has 0 spiro atoms. The first-order valence-electron chi connectivity index (χ1n) is 6.90. The fourth-order valence-corrected chi connectivity index (χ4v) is 2.49. The Bertz CT molecular complexity index is 397. The van der Waals surface area contributed by atoms with Crippen molar-refractivity contribution in [2.45, 2.75) is 43.9 Å². The highest BCUT2D eigenvalue weighted by molar-refractivity contribution is 5.29. The highest BCUT2D eigenvalue weighted by Crippen LogP contribution is 2.23. The van der Waals surface area contributed by atoms with Crippen molar-refractivity contribution in [2.24, 2.45) is 5.73 Å². The molecule has 0 saturated heterocycles. The van der Waals surface area contributed by atoms with E-state index in [-0.39, 0.29) is 18.8 Å². The van der Waals surface area contributed by atoms with Crippen LogP contribution in [0.15, 0.2) is 24.3 Å². The third-order valence-electron chi connectivity index (χ3n) is 3.70. The van der Waals surface area contributed by atoms with E-state index in [1.807, 2.05) is 24.3 Å². The third-order valence-corrected chi connectivity index (χ3v) is 3.70. The molecular formula is C15H23NO3. The Balaban J connectivity index is 1.87. The predicted molar refractivity (Wildman–Crippen MR) is 74.1 cm³/mol. The van der Waals surface area contributed by atoms with Crippen LogP contribution in [-0.2, 0) is 4.74 Å². The zero-order chi connectivity index (χ0) is 13.7. The summed E-state index contributed by atoms with van der Waals surface area (Å²) >= 11 is 0. The lowest BCUT2D eigenvalue weighted by Gasteiger charge is -2.29. The van der Waals surface area contributed by atoms with Crippen molar-refractivity contribution in [1.82, 2.24) is 0 Å². The van der Waals surface area contributed by atoms with E-state index in [1.165, 1.54) is 6.42 Å². The van der Waals surface area contributed by atoms with Gasteiger partial charge in [-0.1, -0.05) is 25.0 Å². The molecule has 4 nitrogen and oxygen atoms in total. The van der Waals surface area contributed by atoms with Crippen LogP contribution >= 0.6 is 0 Å². The Labute approximate surface area is 114 Å². The molecule has 0 aromatic heterocycles. The number of hydrogen-bond donors (Lipinski definition) is 2. The molecule has 2 rings (SSSR count). The second kappa shape index (κ2) is 6.89. The van der Waals surface area contributed by atoms with Crippen molar-refractivity contribution >= 4 is 0 Å². The Kier molecular flexibility index (Phi) is 5.19. The van der Waals surface area contributed by atoms with Gasteiger partial charge in [0.25, 0.3) is 0 Å². The topological polar surface area (TPSA) is 64.7 Å². The summed E-state index contributed by atoms with van der Waals surface area (Å²) in [6.45, 7) is 0.283. The molecule has 1 aromatic carbocycles. The summed E-state index contributed by atoms with van der Waals surface area (Å²) in [6.07, 6.45) is 3.79. The van der Waals surface area contributed by atoms with Gasteiger partial charge in [-0.3, -0.25) is 0 Å². The van der Waals surface area contributed by atoms with Crippen LogP contribution in [0.1, 0.15) is 37.4 Å². The van der Waals surface area contributed by atoms with Gasteiger partial charge in [-0.05, 0) is 30.5 Å². The maximum Gasteiger partial charge on any atom is 0.119 e. The Morgan fingerprint density at radius 2 is 2.16 bits per heavy atom. The molecule has 4 heteroatoms. The molecule has 3 unspecified atom stereocenters. The number of aliphatic hydroxyl groups excluding tert-OH is 1. The monoisotopic (exact) mass is 265 g/mol. The fourth-order valence-electron chi connectivity index (χ4n) is 2.49. The van der Waals surface area contributed by atoms with Crippen LogP contribution < -0.4 is 10.5 Å². The molecule has 3 N–H and O–H groups in total. The van der Waals surface area contributed by atoms with Crippen molar-refractivity contribution < 1.29 is 14.6 Å². The number of benzene rings is 1. The molecule has 1 aromatic rings. The van der Waals surface area contributed by atoms with Crippen molar-refractivity contribution in [1.29, 1.82) is 0 Å². The average Bonchev–Trinajstić information content (AvgIpc) is 2.46. The van der Waals surface area contributed by atoms with Gasteiger partial charge in [-0.15, -0.1) is 0 Å². The molecule has 3 atom stereocenters. The van der Waals surface area contributed by atoms with Crippen LogP contribution in [0.25, 0.3) is 0 Å². The van der Waals surface area contributed by atoms with Gasteiger partial charge < -0.3 is 20.3 Å². The number of methoxy groups -OCH3 is 1. The van der Waals surface area contributed by atoms with E-state index in [4.69, 9.17) is 15.2 Å². The van der Waals surface area contributed by atoms with Crippen LogP contribution in [0.4, 0.5) is 0 Å². The minimum atomic E-state index is -0.635. The standard InChI is InChI=1S/C15H23NO3/c1-18-12-6-4-5-11(9-12)14(17)10-19-15-8-3-2-7-13(15)16/h4-6,9,13-15,17H,2-3,7-8,10,16H2,1H3. The van der Waals surface area contributed by atoms with Gasteiger partial charge in [-0.2, -0.15) is 0 Å². The summed E-state index contributed by atoms with van der Waals surface area (Å²) in [5.41, 5.74) is 6.83. The first-order valence-corrected chi connectivity index (χ1v) is 6.90.